The van der Waals surface area contributed by atoms with Gasteiger partial charge in [0.05, 0.1) is 11.0 Å². The zero-order valence-electron chi connectivity index (χ0n) is 16.1. The van der Waals surface area contributed by atoms with E-state index in [0.29, 0.717) is 16.9 Å². The van der Waals surface area contributed by atoms with E-state index in [1.807, 2.05) is 43.3 Å². The van der Waals surface area contributed by atoms with Crippen LogP contribution in [0.25, 0.3) is 16.7 Å². The first-order valence-electron chi connectivity index (χ1n) is 9.25. The molecule has 1 heterocycles. The van der Waals surface area contributed by atoms with Crippen molar-refractivity contribution >= 4 is 34.2 Å². The van der Waals surface area contributed by atoms with E-state index < -0.39 is 0 Å². The standard InChI is InChI=1S/C23H20N4O2/c1-15-24-21-14-17(8-13-22(21)27(15)20-6-4-3-5-7-20)23(29)26-19-11-9-18(10-12-19)25-16(2)28/h3-14H,1-2H3,(H,25,28)(H,26,29). The summed E-state index contributed by atoms with van der Waals surface area (Å²) in [6.07, 6.45) is 0. The molecule has 0 bridgehead atoms. The average molecular weight is 384 g/mol. The minimum Gasteiger partial charge on any atom is -0.326 e. The quantitative estimate of drug-likeness (QED) is 0.542. The molecule has 2 amide bonds. The topological polar surface area (TPSA) is 76.0 Å². The van der Waals surface area contributed by atoms with Gasteiger partial charge in [-0.2, -0.15) is 0 Å². The van der Waals surface area contributed by atoms with Gasteiger partial charge in [-0.15, -0.1) is 0 Å². The molecule has 4 rings (SSSR count). The van der Waals surface area contributed by atoms with Gasteiger partial charge in [-0.05, 0) is 61.5 Å². The number of rotatable bonds is 4. The molecule has 1 aromatic heterocycles. The van der Waals surface area contributed by atoms with Gasteiger partial charge in [-0.3, -0.25) is 14.2 Å². The summed E-state index contributed by atoms with van der Waals surface area (Å²) in [5.41, 5.74) is 4.60. The van der Waals surface area contributed by atoms with E-state index in [1.165, 1.54) is 6.92 Å². The Morgan fingerprint density at radius 3 is 2.17 bits per heavy atom. The highest BCUT2D eigenvalue weighted by atomic mass is 16.2. The first kappa shape index (κ1) is 18.4. The number of aryl methyl sites for hydroxylation is 1. The van der Waals surface area contributed by atoms with E-state index in [4.69, 9.17) is 0 Å². The summed E-state index contributed by atoms with van der Waals surface area (Å²) in [5, 5.41) is 5.57. The van der Waals surface area contributed by atoms with Crippen LogP contribution in [-0.4, -0.2) is 21.4 Å². The smallest absolute Gasteiger partial charge is 0.255 e. The van der Waals surface area contributed by atoms with Crippen LogP contribution in [-0.2, 0) is 4.79 Å². The number of hydrogen-bond donors (Lipinski definition) is 2. The van der Waals surface area contributed by atoms with Gasteiger partial charge in [0, 0.05) is 29.5 Å². The monoisotopic (exact) mass is 384 g/mol. The van der Waals surface area contributed by atoms with E-state index in [9.17, 15) is 9.59 Å². The van der Waals surface area contributed by atoms with Crippen LogP contribution in [0.1, 0.15) is 23.1 Å². The molecule has 0 aliphatic rings. The Balaban J connectivity index is 1.58. The van der Waals surface area contributed by atoms with Crippen LogP contribution in [0.5, 0.6) is 0 Å². The van der Waals surface area contributed by atoms with Gasteiger partial charge < -0.3 is 10.6 Å². The number of carbonyl (C=O) groups excluding carboxylic acids is 2. The van der Waals surface area contributed by atoms with E-state index in [2.05, 4.69) is 20.2 Å². The highest BCUT2D eigenvalue weighted by Gasteiger charge is 2.13. The Bertz CT molecular complexity index is 1200. The van der Waals surface area contributed by atoms with Crippen molar-refractivity contribution < 1.29 is 9.59 Å². The van der Waals surface area contributed by atoms with Crippen LogP contribution in [0.2, 0.25) is 0 Å². The molecule has 0 aliphatic carbocycles. The molecule has 6 heteroatoms. The van der Waals surface area contributed by atoms with E-state index in [1.54, 1.807) is 36.4 Å². The molecule has 144 valence electrons. The maximum atomic E-state index is 12.7. The number of nitrogens with one attached hydrogen (secondary N) is 2. The number of hydrogen-bond acceptors (Lipinski definition) is 3. The highest BCUT2D eigenvalue weighted by Crippen LogP contribution is 2.23. The molecular formula is C23H20N4O2. The van der Waals surface area contributed by atoms with E-state index in [-0.39, 0.29) is 11.8 Å². The summed E-state index contributed by atoms with van der Waals surface area (Å²) in [7, 11) is 0. The molecule has 0 saturated heterocycles. The van der Waals surface area contributed by atoms with Crippen molar-refractivity contribution in [3.05, 3.63) is 84.2 Å². The van der Waals surface area contributed by atoms with Gasteiger partial charge >= 0.3 is 0 Å². The van der Waals surface area contributed by atoms with Crippen LogP contribution >= 0.6 is 0 Å². The van der Waals surface area contributed by atoms with Crippen LogP contribution in [0.3, 0.4) is 0 Å². The normalized spacial score (nSPS) is 10.7. The number of nitrogens with zero attached hydrogens (tertiary/aromatic N) is 2. The third-order valence-corrected chi connectivity index (χ3v) is 4.56. The molecule has 0 unspecified atom stereocenters. The molecule has 0 radical (unpaired) electrons. The maximum absolute atomic E-state index is 12.7. The lowest BCUT2D eigenvalue weighted by atomic mass is 10.1. The summed E-state index contributed by atoms with van der Waals surface area (Å²) in [6, 6.07) is 22.5. The van der Waals surface area contributed by atoms with Crippen molar-refractivity contribution in [2.45, 2.75) is 13.8 Å². The lowest BCUT2D eigenvalue weighted by Crippen LogP contribution is -2.12. The Kier molecular flexibility index (Phi) is 4.83. The third-order valence-electron chi connectivity index (χ3n) is 4.56. The van der Waals surface area contributed by atoms with Gasteiger partial charge in [-0.1, -0.05) is 18.2 Å². The van der Waals surface area contributed by atoms with Crippen LogP contribution in [0.4, 0.5) is 11.4 Å². The number of imidazole rings is 1. The second-order valence-electron chi connectivity index (χ2n) is 6.75. The maximum Gasteiger partial charge on any atom is 0.255 e. The Hall–Kier alpha value is -3.93. The second-order valence-corrected chi connectivity index (χ2v) is 6.75. The lowest BCUT2D eigenvalue weighted by Gasteiger charge is -2.08. The Labute approximate surface area is 168 Å². The summed E-state index contributed by atoms with van der Waals surface area (Å²) >= 11 is 0. The molecule has 29 heavy (non-hydrogen) atoms. The highest BCUT2D eigenvalue weighted by molar-refractivity contribution is 6.06. The zero-order chi connectivity index (χ0) is 20.4. The number of benzene rings is 3. The molecule has 6 nitrogen and oxygen atoms in total. The van der Waals surface area contributed by atoms with Crippen molar-refractivity contribution in [3.63, 3.8) is 0 Å². The van der Waals surface area contributed by atoms with Crippen molar-refractivity contribution in [2.24, 2.45) is 0 Å². The van der Waals surface area contributed by atoms with E-state index in [0.717, 1.165) is 22.5 Å². The molecule has 2 N–H and O–H groups in total. The molecule has 0 fully saturated rings. The van der Waals surface area contributed by atoms with Gasteiger partial charge in [0.2, 0.25) is 5.91 Å². The van der Waals surface area contributed by atoms with Crippen LogP contribution < -0.4 is 10.6 Å². The van der Waals surface area contributed by atoms with Gasteiger partial charge in [0.1, 0.15) is 5.82 Å². The number of aromatic nitrogens is 2. The van der Waals surface area contributed by atoms with Gasteiger partial charge in [0.15, 0.2) is 0 Å². The fourth-order valence-corrected chi connectivity index (χ4v) is 3.29. The SMILES string of the molecule is CC(=O)Nc1ccc(NC(=O)c2ccc3c(c2)nc(C)n3-c2ccccc2)cc1. The van der Waals surface area contributed by atoms with Crippen molar-refractivity contribution in [2.75, 3.05) is 10.6 Å². The number of fused-ring (bicyclic) bond motifs is 1. The largest absolute Gasteiger partial charge is 0.326 e. The molecule has 3 aromatic carbocycles. The third kappa shape index (κ3) is 3.87. The predicted octanol–water partition coefficient (Wildman–Crippen LogP) is 4.54. The molecule has 0 saturated carbocycles. The van der Waals surface area contributed by atoms with Crippen molar-refractivity contribution in [1.82, 2.24) is 9.55 Å². The summed E-state index contributed by atoms with van der Waals surface area (Å²) in [5.74, 6) is 0.503. The Morgan fingerprint density at radius 1 is 0.862 bits per heavy atom. The van der Waals surface area contributed by atoms with Crippen LogP contribution in [0, 0.1) is 6.92 Å². The molecular weight excluding hydrogens is 364 g/mol. The van der Waals surface area contributed by atoms with Crippen molar-refractivity contribution in [1.29, 1.82) is 0 Å². The van der Waals surface area contributed by atoms with Crippen molar-refractivity contribution in [3.8, 4) is 5.69 Å². The number of amides is 2. The minimum atomic E-state index is -0.217. The number of para-hydroxylation sites is 1. The average Bonchev–Trinajstić information content (AvgIpc) is 3.04. The zero-order valence-corrected chi connectivity index (χ0v) is 16.1. The lowest BCUT2D eigenvalue weighted by molar-refractivity contribution is -0.114. The summed E-state index contributed by atoms with van der Waals surface area (Å²) in [4.78, 5) is 28.4. The first-order chi connectivity index (χ1) is 14.0. The molecule has 4 aromatic rings. The fourth-order valence-electron chi connectivity index (χ4n) is 3.29. The molecule has 0 aliphatic heterocycles. The predicted molar refractivity (Wildman–Crippen MR) is 115 cm³/mol. The molecule has 0 spiro atoms. The molecule has 0 atom stereocenters. The van der Waals surface area contributed by atoms with Gasteiger partial charge in [-0.25, -0.2) is 4.98 Å². The minimum absolute atomic E-state index is 0.139. The summed E-state index contributed by atoms with van der Waals surface area (Å²) < 4.78 is 2.07. The number of anilines is 2. The van der Waals surface area contributed by atoms with E-state index >= 15 is 0 Å². The van der Waals surface area contributed by atoms with Crippen LogP contribution in [0.15, 0.2) is 72.8 Å². The first-order valence-corrected chi connectivity index (χ1v) is 9.25. The fraction of sp³-hybridized carbons (Fsp3) is 0.0870. The summed E-state index contributed by atoms with van der Waals surface area (Å²) in [6.45, 7) is 3.40. The number of carbonyl (C=O) groups is 2. The van der Waals surface area contributed by atoms with Gasteiger partial charge in [0.25, 0.3) is 5.91 Å². The second kappa shape index (κ2) is 7.59. The Morgan fingerprint density at radius 2 is 1.52 bits per heavy atom.